The maximum Gasteiger partial charge on any atom is 0.145 e. The summed E-state index contributed by atoms with van der Waals surface area (Å²) in [5, 5.41) is 3.19. The second-order valence-corrected chi connectivity index (χ2v) is 2.95. The summed E-state index contributed by atoms with van der Waals surface area (Å²) in [6.07, 6.45) is 5.86. The van der Waals surface area contributed by atoms with Crippen LogP contribution in [0.25, 0.3) is 0 Å². The molecule has 80 valence electrons. The summed E-state index contributed by atoms with van der Waals surface area (Å²) in [6, 6.07) is 5.62. The van der Waals surface area contributed by atoms with Gasteiger partial charge in [-0.2, -0.15) is 0 Å². The number of benzene rings is 1. The maximum atomic E-state index is 5.22. The van der Waals surface area contributed by atoms with Crippen molar-refractivity contribution in [3.05, 3.63) is 18.2 Å². The predicted molar refractivity (Wildman–Crippen MR) is 61.5 cm³/mol. The van der Waals surface area contributed by atoms with E-state index in [-0.39, 0.29) is 0 Å². The topological polar surface area (TPSA) is 30.5 Å². The number of rotatable bonds is 5. The second-order valence-electron chi connectivity index (χ2n) is 2.95. The minimum atomic E-state index is 0.690. The van der Waals surface area contributed by atoms with E-state index in [1.54, 1.807) is 14.2 Å². The molecule has 0 bridgehead atoms. The molecule has 1 N–H and O–H groups in total. The van der Waals surface area contributed by atoms with Gasteiger partial charge in [-0.25, -0.2) is 0 Å². The van der Waals surface area contributed by atoms with Crippen LogP contribution >= 0.6 is 0 Å². The largest absolute Gasteiger partial charge is 0.497 e. The van der Waals surface area contributed by atoms with E-state index in [0.717, 1.165) is 23.7 Å². The molecule has 3 nitrogen and oxygen atoms in total. The van der Waals surface area contributed by atoms with Gasteiger partial charge in [-0.3, -0.25) is 0 Å². The number of hydrogen-bond acceptors (Lipinski definition) is 3. The van der Waals surface area contributed by atoms with Gasteiger partial charge in [-0.15, -0.1) is 12.3 Å². The summed E-state index contributed by atoms with van der Waals surface area (Å²) in [5.74, 6) is 4.10. The van der Waals surface area contributed by atoms with Crippen LogP contribution in [0, 0.1) is 12.3 Å². The van der Waals surface area contributed by atoms with Crippen molar-refractivity contribution in [2.45, 2.75) is 6.42 Å². The smallest absolute Gasteiger partial charge is 0.145 e. The average Bonchev–Trinajstić information content (AvgIpc) is 2.29. The number of nitrogens with one attached hydrogen (secondary N) is 1. The Kier molecular flexibility index (Phi) is 4.36. The van der Waals surface area contributed by atoms with Crippen LogP contribution in [0.5, 0.6) is 11.5 Å². The van der Waals surface area contributed by atoms with E-state index in [1.807, 2.05) is 18.2 Å². The molecule has 0 amide bonds. The van der Waals surface area contributed by atoms with Gasteiger partial charge in [0.1, 0.15) is 11.5 Å². The number of terminal acetylenes is 1. The minimum Gasteiger partial charge on any atom is -0.497 e. The van der Waals surface area contributed by atoms with Crippen molar-refractivity contribution in [1.82, 2.24) is 0 Å². The van der Waals surface area contributed by atoms with Gasteiger partial charge in [0.15, 0.2) is 0 Å². The first kappa shape index (κ1) is 11.3. The Morgan fingerprint density at radius 3 is 2.73 bits per heavy atom. The van der Waals surface area contributed by atoms with E-state index in [1.165, 1.54) is 0 Å². The highest BCUT2D eigenvalue weighted by atomic mass is 16.5. The van der Waals surface area contributed by atoms with Crippen molar-refractivity contribution in [3.63, 3.8) is 0 Å². The van der Waals surface area contributed by atoms with Gasteiger partial charge in [0.2, 0.25) is 0 Å². The molecule has 0 heterocycles. The lowest BCUT2D eigenvalue weighted by Crippen LogP contribution is -2.02. The first-order valence-electron chi connectivity index (χ1n) is 4.71. The Balaban J connectivity index is 2.74. The summed E-state index contributed by atoms with van der Waals surface area (Å²) in [6.45, 7) is 0.735. The van der Waals surface area contributed by atoms with E-state index in [0.29, 0.717) is 6.42 Å². The molecule has 0 fully saturated rings. The summed E-state index contributed by atoms with van der Waals surface area (Å²) in [4.78, 5) is 0. The highest BCUT2D eigenvalue weighted by Gasteiger charge is 2.03. The van der Waals surface area contributed by atoms with Crippen LogP contribution < -0.4 is 14.8 Å². The molecule has 0 atom stereocenters. The molecule has 0 aliphatic carbocycles. The summed E-state index contributed by atoms with van der Waals surface area (Å²) < 4.78 is 10.3. The van der Waals surface area contributed by atoms with Gasteiger partial charge in [0.25, 0.3) is 0 Å². The summed E-state index contributed by atoms with van der Waals surface area (Å²) >= 11 is 0. The molecule has 0 unspecified atom stereocenters. The fourth-order valence-electron chi connectivity index (χ4n) is 1.21. The van der Waals surface area contributed by atoms with Crippen molar-refractivity contribution in [2.75, 3.05) is 26.1 Å². The monoisotopic (exact) mass is 205 g/mol. The van der Waals surface area contributed by atoms with E-state index in [9.17, 15) is 0 Å². The number of anilines is 1. The molecular formula is C12H15NO2. The fraction of sp³-hybridized carbons (Fsp3) is 0.333. The van der Waals surface area contributed by atoms with Crippen LogP contribution in [-0.4, -0.2) is 20.8 Å². The maximum absolute atomic E-state index is 5.22. The molecule has 0 spiro atoms. The van der Waals surface area contributed by atoms with Crippen LogP contribution in [0.3, 0.4) is 0 Å². The lowest BCUT2D eigenvalue weighted by molar-refractivity contribution is 0.395. The van der Waals surface area contributed by atoms with Crippen LogP contribution in [0.1, 0.15) is 6.42 Å². The molecule has 15 heavy (non-hydrogen) atoms. The Labute approximate surface area is 90.4 Å². The summed E-state index contributed by atoms with van der Waals surface area (Å²) in [5.41, 5.74) is 0.925. The van der Waals surface area contributed by atoms with Crippen LogP contribution in [0.15, 0.2) is 18.2 Å². The normalized spacial score (nSPS) is 9.13. The molecular weight excluding hydrogens is 190 g/mol. The highest BCUT2D eigenvalue weighted by Crippen LogP contribution is 2.28. The van der Waals surface area contributed by atoms with Crippen molar-refractivity contribution >= 4 is 5.69 Å². The van der Waals surface area contributed by atoms with Crippen molar-refractivity contribution in [3.8, 4) is 23.8 Å². The standard InChI is InChI=1S/C12H15NO2/c1-4-5-8-13-11-7-6-10(14-2)9-12(11)15-3/h1,6-7,9,13H,5,8H2,2-3H3. The van der Waals surface area contributed by atoms with E-state index < -0.39 is 0 Å². The molecule has 0 aliphatic rings. The van der Waals surface area contributed by atoms with Gasteiger partial charge >= 0.3 is 0 Å². The number of methoxy groups -OCH3 is 2. The fourth-order valence-corrected chi connectivity index (χ4v) is 1.21. The summed E-state index contributed by atoms with van der Waals surface area (Å²) in [7, 11) is 3.25. The molecule has 0 saturated carbocycles. The van der Waals surface area contributed by atoms with Crippen molar-refractivity contribution in [2.24, 2.45) is 0 Å². The third kappa shape index (κ3) is 3.10. The quantitative estimate of drug-likeness (QED) is 0.590. The third-order valence-electron chi connectivity index (χ3n) is 1.99. The Hall–Kier alpha value is -1.82. The lowest BCUT2D eigenvalue weighted by Gasteiger charge is -2.11. The van der Waals surface area contributed by atoms with Gasteiger partial charge in [-0.1, -0.05) is 0 Å². The first-order chi connectivity index (χ1) is 7.31. The zero-order valence-corrected chi connectivity index (χ0v) is 9.04. The van der Waals surface area contributed by atoms with Crippen LogP contribution in [-0.2, 0) is 0 Å². The SMILES string of the molecule is C#CCCNc1ccc(OC)cc1OC. The van der Waals surface area contributed by atoms with E-state index in [4.69, 9.17) is 15.9 Å². The Morgan fingerprint density at radius 1 is 1.33 bits per heavy atom. The zero-order valence-electron chi connectivity index (χ0n) is 9.04. The van der Waals surface area contributed by atoms with Crippen LogP contribution in [0.4, 0.5) is 5.69 Å². The molecule has 0 saturated heterocycles. The molecule has 1 rings (SSSR count). The Bertz CT molecular complexity index is 355. The van der Waals surface area contributed by atoms with Gasteiger partial charge in [-0.05, 0) is 12.1 Å². The van der Waals surface area contributed by atoms with E-state index >= 15 is 0 Å². The minimum absolute atomic E-state index is 0.690. The molecule has 3 heteroatoms. The number of hydrogen-bond donors (Lipinski definition) is 1. The second kappa shape index (κ2) is 5.82. The predicted octanol–water partition coefficient (Wildman–Crippen LogP) is 2.14. The molecule has 0 aromatic heterocycles. The first-order valence-corrected chi connectivity index (χ1v) is 4.71. The number of ether oxygens (including phenoxy) is 2. The van der Waals surface area contributed by atoms with Crippen LogP contribution in [0.2, 0.25) is 0 Å². The molecule has 1 aromatic rings. The average molecular weight is 205 g/mol. The molecule has 0 aliphatic heterocycles. The van der Waals surface area contributed by atoms with Gasteiger partial charge in [0, 0.05) is 19.0 Å². The van der Waals surface area contributed by atoms with Crippen molar-refractivity contribution in [1.29, 1.82) is 0 Å². The highest BCUT2D eigenvalue weighted by molar-refractivity contribution is 5.59. The van der Waals surface area contributed by atoms with E-state index in [2.05, 4.69) is 11.2 Å². The Morgan fingerprint density at radius 2 is 2.13 bits per heavy atom. The molecule has 1 aromatic carbocycles. The van der Waals surface area contributed by atoms with Gasteiger partial charge < -0.3 is 14.8 Å². The van der Waals surface area contributed by atoms with Gasteiger partial charge in [0.05, 0.1) is 19.9 Å². The third-order valence-corrected chi connectivity index (χ3v) is 1.99. The lowest BCUT2D eigenvalue weighted by atomic mass is 10.2. The molecule has 0 radical (unpaired) electrons. The zero-order chi connectivity index (χ0) is 11.1. The van der Waals surface area contributed by atoms with Crippen molar-refractivity contribution < 1.29 is 9.47 Å².